The number of carbonyl (C=O) groups is 1. The molecule has 1 nitrogen and oxygen atoms in total. The van der Waals surface area contributed by atoms with Gasteiger partial charge in [0.15, 0.2) is 5.12 Å². The molecule has 10 heavy (non-hydrogen) atoms. The molecule has 0 radical (unpaired) electrons. The molecule has 0 aliphatic heterocycles. The number of rotatable bonds is 1. The third-order valence-electron chi connectivity index (χ3n) is 2.14. The maximum absolute atomic E-state index is 11.1. The molecule has 1 aliphatic carbocycles. The van der Waals surface area contributed by atoms with Crippen molar-refractivity contribution in [3.63, 3.8) is 0 Å². The Morgan fingerprint density at radius 2 is 1.90 bits per heavy atom. The first kappa shape index (κ1) is 8.12. The average molecular weight is 158 g/mol. The highest BCUT2D eigenvalue weighted by Crippen LogP contribution is 2.26. The van der Waals surface area contributed by atoms with Crippen molar-refractivity contribution >= 4 is 16.9 Å². The van der Waals surface area contributed by atoms with Crippen LogP contribution >= 0.6 is 11.8 Å². The van der Waals surface area contributed by atoms with E-state index in [2.05, 4.69) is 0 Å². The molecule has 0 bridgehead atoms. The Morgan fingerprint density at radius 3 is 2.40 bits per heavy atom. The van der Waals surface area contributed by atoms with E-state index >= 15 is 0 Å². The Labute approximate surface area is 66.6 Å². The zero-order valence-corrected chi connectivity index (χ0v) is 7.25. The predicted molar refractivity (Wildman–Crippen MR) is 45.1 cm³/mol. The van der Waals surface area contributed by atoms with Gasteiger partial charge in [-0.3, -0.25) is 4.79 Å². The Balaban J connectivity index is 2.31. The standard InChI is InChI=1S/C8H14OS/c1-10-8(9)7-5-3-2-4-6-7/h7H,2-6H2,1H3. The summed E-state index contributed by atoms with van der Waals surface area (Å²) in [4.78, 5) is 11.1. The van der Waals surface area contributed by atoms with Crippen molar-refractivity contribution in [3.05, 3.63) is 0 Å². The molecule has 0 aromatic heterocycles. The van der Waals surface area contributed by atoms with Crippen molar-refractivity contribution < 1.29 is 4.79 Å². The van der Waals surface area contributed by atoms with Crippen molar-refractivity contribution in [2.45, 2.75) is 32.1 Å². The first-order valence-corrected chi connectivity index (χ1v) is 5.15. The lowest BCUT2D eigenvalue weighted by atomic mass is 9.90. The second kappa shape index (κ2) is 4.02. The summed E-state index contributed by atoms with van der Waals surface area (Å²) in [7, 11) is 0. The minimum atomic E-state index is 0.392. The lowest BCUT2D eigenvalue weighted by molar-refractivity contribution is -0.115. The predicted octanol–water partition coefficient (Wildman–Crippen LogP) is 2.46. The van der Waals surface area contributed by atoms with Crippen LogP contribution in [0.4, 0.5) is 0 Å². The van der Waals surface area contributed by atoms with Crippen molar-refractivity contribution in [2.75, 3.05) is 6.26 Å². The van der Waals surface area contributed by atoms with Gasteiger partial charge in [-0.15, -0.1) is 0 Å². The topological polar surface area (TPSA) is 17.1 Å². The van der Waals surface area contributed by atoms with Crippen LogP contribution in [0.25, 0.3) is 0 Å². The molecule has 58 valence electrons. The summed E-state index contributed by atoms with van der Waals surface area (Å²) in [6, 6.07) is 0. The molecule has 1 rings (SSSR count). The van der Waals surface area contributed by atoms with Crippen LogP contribution in [0.5, 0.6) is 0 Å². The number of carbonyl (C=O) groups excluding carboxylic acids is 1. The largest absolute Gasteiger partial charge is 0.287 e. The lowest BCUT2D eigenvalue weighted by Crippen LogP contribution is -2.13. The van der Waals surface area contributed by atoms with Gasteiger partial charge in [0.05, 0.1) is 0 Å². The summed E-state index contributed by atoms with van der Waals surface area (Å²) in [5, 5.41) is 0.403. The second-order valence-electron chi connectivity index (χ2n) is 2.86. The van der Waals surface area contributed by atoms with E-state index in [9.17, 15) is 4.79 Å². The maximum Gasteiger partial charge on any atom is 0.191 e. The molecule has 0 heterocycles. The molecule has 1 fully saturated rings. The summed E-state index contributed by atoms with van der Waals surface area (Å²) in [6.45, 7) is 0. The first-order chi connectivity index (χ1) is 4.84. The lowest BCUT2D eigenvalue weighted by Gasteiger charge is -2.18. The molecule has 0 amide bonds. The molecule has 0 saturated heterocycles. The summed E-state index contributed by atoms with van der Waals surface area (Å²) in [6.07, 6.45) is 8.02. The highest BCUT2D eigenvalue weighted by atomic mass is 32.2. The highest BCUT2D eigenvalue weighted by Gasteiger charge is 2.19. The van der Waals surface area contributed by atoms with Crippen LogP contribution in [0.15, 0.2) is 0 Å². The molecule has 0 unspecified atom stereocenters. The minimum absolute atomic E-state index is 0.392. The fourth-order valence-corrected chi connectivity index (χ4v) is 2.07. The molecule has 0 aromatic carbocycles. The van der Waals surface area contributed by atoms with E-state index in [1.54, 1.807) is 0 Å². The molecule has 1 saturated carbocycles. The Bertz CT molecular complexity index is 116. The highest BCUT2D eigenvalue weighted by molar-refractivity contribution is 8.13. The monoisotopic (exact) mass is 158 g/mol. The van der Waals surface area contributed by atoms with Crippen molar-refractivity contribution in [2.24, 2.45) is 5.92 Å². The average Bonchev–Trinajstić information content (AvgIpc) is 2.05. The van der Waals surface area contributed by atoms with Gasteiger partial charge in [-0.25, -0.2) is 0 Å². The Kier molecular flexibility index (Phi) is 3.26. The zero-order chi connectivity index (χ0) is 7.40. The molecular weight excluding hydrogens is 144 g/mol. The summed E-state index contributed by atoms with van der Waals surface area (Å²) >= 11 is 1.39. The van der Waals surface area contributed by atoms with E-state index in [-0.39, 0.29) is 0 Å². The van der Waals surface area contributed by atoms with E-state index in [0.29, 0.717) is 11.0 Å². The molecule has 0 aromatic rings. The summed E-state index contributed by atoms with van der Waals surface area (Å²) < 4.78 is 0. The smallest absolute Gasteiger partial charge is 0.191 e. The molecule has 0 atom stereocenters. The normalized spacial score (nSPS) is 20.9. The van der Waals surface area contributed by atoms with E-state index in [4.69, 9.17) is 0 Å². The first-order valence-electron chi connectivity index (χ1n) is 3.92. The van der Waals surface area contributed by atoms with Gasteiger partial charge in [0.2, 0.25) is 0 Å². The van der Waals surface area contributed by atoms with Gasteiger partial charge in [0.25, 0.3) is 0 Å². The van der Waals surface area contributed by atoms with Crippen LogP contribution in [0.3, 0.4) is 0 Å². The van der Waals surface area contributed by atoms with Gasteiger partial charge in [-0.1, -0.05) is 31.0 Å². The van der Waals surface area contributed by atoms with Crippen LogP contribution in [-0.2, 0) is 4.79 Å². The van der Waals surface area contributed by atoms with Crippen LogP contribution in [0.2, 0.25) is 0 Å². The van der Waals surface area contributed by atoms with Crippen molar-refractivity contribution in [3.8, 4) is 0 Å². The molecule has 0 N–H and O–H groups in total. The number of thioether (sulfide) groups is 1. The SMILES string of the molecule is CSC(=O)C1CCCCC1. The van der Waals surface area contributed by atoms with Gasteiger partial charge >= 0.3 is 0 Å². The second-order valence-corrected chi connectivity index (χ2v) is 3.67. The van der Waals surface area contributed by atoms with E-state index < -0.39 is 0 Å². The van der Waals surface area contributed by atoms with E-state index in [0.717, 1.165) is 12.8 Å². The summed E-state index contributed by atoms with van der Waals surface area (Å²) in [5.74, 6) is 0.392. The quantitative estimate of drug-likeness (QED) is 0.583. The fraction of sp³-hybridized carbons (Fsp3) is 0.875. The van der Waals surface area contributed by atoms with Crippen LogP contribution < -0.4 is 0 Å². The fourth-order valence-electron chi connectivity index (χ4n) is 1.50. The van der Waals surface area contributed by atoms with Gasteiger partial charge in [0.1, 0.15) is 0 Å². The van der Waals surface area contributed by atoms with Gasteiger partial charge < -0.3 is 0 Å². The number of hydrogen-bond acceptors (Lipinski definition) is 2. The Hall–Kier alpha value is 0.0200. The third kappa shape index (κ3) is 2.01. The third-order valence-corrected chi connectivity index (χ3v) is 2.88. The molecule has 0 spiro atoms. The van der Waals surface area contributed by atoms with Crippen molar-refractivity contribution in [1.82, 2.24) is 0 Å². The molecule has 2 heteroatoms. The maximum atomic E-state index is 11.1. The van der Waals surface area contributed by atoms with Gasteiger partial charge in [-0.05, 0) is 19.1 Å². The van der Waals surface area contributed by atoms with Crippen LogP contribution in [0, 0.1) is 5.92 Å². The summed E-state index contributed by atoms with van der Waals surface area (Å²) in [5.41, 5.74) is 0. The van der Waals surface area contributed by atoms with Crippen LogP contribution in [0.1, 0.15) is 32.1 Å². The zero-order valence-electron chi connectivity index (χ0n) is 6.43. The van der Waals surface area contributed by atoms with Gasteiger partial charge in [-0.2, -0.15) is 0 Å². The van der Waals surface area contributed by atoms with Crippen LogP contribution in [-0.4, -0.2) is 11.4 Å². The van der Waals surface area contributed by atoms with E-state index in [1.807, 2.05) is 6.26 Å². The van der Waals surface area contributed by atoms with E-state index in [1.165, 1.54) is 31.0 Å². The molecular formula is C8H14OS. The minimum Gasteiger partial charge on any atom is -0.287 e. The number of hydrogen-bond donors (Lipinski definition) is 0. The van der Waals surface area contributed by atoms with Crippen molar-refractivity contribution in [1.29, 1.82) is 0 Å². The van der Waals surface area contributed by atoms with Gasteiger partial charge in [0, 0.05) is 5.92 Å². The molecule has 1 aliphatic rings. The Morgan fingerprint density at radius 1 is 1.30 bits per heavy atom.